The Morgan fingerprint density at radius 2 is 1.68 bits per heavy atom. The van der Waals surface area contributed by atoms with Crippen LogP contribution in [0.25, 0.3) is 0 Å². The van der Waals surface area contributed by atoms with Crippen molar-refractivity contribution < 1.29 is 8.42 Å². The summed E-state index contributed by atoms with van der Waals surface area (Å²) in [6.45, 7) is 9.97. The molecule has 2 aromatic carbocycles. The predicted molar refractivity (Wildman–Crippen MR) is 106 cm³/mol. The van der Waals surface area contributed by atoms with E-state index < -0.39 is 9.84 Å². The zero-order valence-corrected chi connectivity index (χ0v) is 16.9. The minimum atomic E-state index is -3.46. The van der Waals surface area contributed by atoms with Crippen molar-refractivity contribution in [2.24, 2.45) is 5.73 Å². The van der Waals surface area contributed by atoms with Gasteiger partial charge in [-0.2, -0.15) is 0 Å². The zero-order valence-electron chi connectivity index (χ0n) is 16.0. The molecule has 0 saturated carbocycles. The number of nitrogens with two attached hydrogens (primary N) is 1. The Labute approximate surface area is 153 Å². The van der Waals surface area contributed by atoms with E-state index in [1.807, 2.05) is 52.8 Å². The molecule has 4 heteroatoms. The lowest BCUT2D eigenvalue weighted by molar-refractivity contribution is 0.595. The van der Waals surface area contributed by atoms with Gasteiger partial charge in [-0.15, -0.1) is 0 Å². The molecule has 1 unspecified atom stereocenters. The summed E-state index contributed by atoms with van der Waals surface area (Å²) in [7, 11) is -3.46. The van der Waals surface area contributed by atoms with Crippen LogP contribution < -0.4 is 5.73 Å². The number of sulfone groups is 1. The normalized spacial score (nSPS) is 15.4. The Morgan fingerprint density at radius 3 is 2.32 bits per heavy atom. The lowest BCUT2D eigenvalue weighted by Gasteiger charge is -2.11. The van der Waals surface area contributed by atoms with Gasteiger partial charge in [0.1, 0.15) is 0 Å². The molecule has 1 aliphatic carbocycles. The third-order valence-corrected chi connectivity index (χ3v) is 6.04. The fraction of sp³-hybridized carbons (Fsp3) is 0.429. The maximum atomic E-state index is 12.9. The van der Waals surface area contributed by atoms with Gasteiger partial charge in [-0.05, 0) is 54.2 Å². The van der Waals surface area contributed by atoms with E-state index in [4.69, 9.17) is 5.73 Å². The monoisotopic (exact) mass is 361 g/mol. The number of hydrogen-bond acceptors (Lipinski definition) is 3. The van der Waals surface area contributed by atoms with E-state index in [1.165, 1.54) is 0 Å². The van der Waals surface area contributed by atoms with Crippen molar-refractivity contribution in [2.45, 2.75) is 69.7 Å². The minimum absolute atomic E-state index is 0.0414. The Balaban J connectivity index is 0.000000730. The summed E-state index contributed by atoms with van der Waals surface area (Å²) in [6.07, 6.45) is 2.45. The van der Waals surface area contributed by atoms with E-state index in [2.05, 4.69) is 0 Å². The molecule has 138 valence electrons. The van der Waals surface area contributed by atoms with E-state index in [0.717, 1.165) is 29.5 Å². The van der Waals surface area contributed by atoms with Crippen LogP contribution in [-0.2, 0) is 22.7 Å². The number of aryl methyl sites for hydroxylation is 2. The zero-order chi connectivity index (χ0) is 19.0. The molecule has 0 bridgehead atoms. The van der Waals surface area contributed by atoms with E-state index in [-0.39, 0.29) is 6.04 Å². The Hall–Kier alpha value is -1.65. The highest BCUT2D eigenvalue weighted by Gasteiger charge is 2.24. The molecule has 0 spiro atoms. The van der Waals surface area contributed by atoms with Crippen molar-refractivity contribution in [3.63, 3.8) is 0 Å². The van der Waals surface area contributed by atoms with Crippen LogP contribution in [0.3, 0.4) is 0 Å². The van der Waals surface area contributed by atoms with Crippen LogP contribution >= 0.6 is 0 Å². The van der Waals surface area contributed by atoms with Crippen molar-refractivity contribution in [1.82, 2.24) is 0 Å². The molecule has 0 heterocycles. The average Bonchev–Trinajstić information content (AvgIpc) is 3.05. The molecule has 3 nitrogen and oxygen atoms in total. The van der Waals surface area contributed by atoms with E-state index in [1.54, 1.807) is 24.3 Å². The third-order valence-electron chi connectivity index (χ3n) is 4.19. The van der Waals surface area contributed by atoms with Crippen molar-refractivity contribution in [1.29, 1.82) is 0 Å². The molecule has 0 fully saturated rings. The molecule has 2 N–H and O–H groups in total. The second-order valence-corrected chi connectivity index (χ2v) is 7.39. The number of benzene rings is 2. The Bertz CT molecular complexity index is 782. The summed E-state index contributed by atoms with van der Waals surface area (Å²) in [5.41, 5.74) is 9.02. The summed E-state index contributed by atoms with van der Waals surface area (Å²) in [5, 5.41) is 0. The third kappa shape index (κ3) is 4.50. The number of rotatable bonds is 3. The van der Waals surface area contributed by atoms with Gasteiger partial charge in [0.05, 0.1) is 9.79 Å². The van der Waals surface area contributed by atoms with Crippen LogP contribution in [-0.4, -0.2) is 8.42 Å². The quantitative estimate of drug-likeness (QED) is 0.829. The van der Waals surface area contributed by atoms with Gasteiger partial charge in [0, 0.05) is 6.04 Å². The standard InChI is InChI=1S/C17H19NO2S.2C2H6/c1-2-12-5-3-4-6-17(12)21(19,20)14-8-9-15-13(11-14)7-10-16(15)18;2*1-2/h3-6,8-9,11,16H,2,7,10,18H2,1H3;2*1-2H3. The van der Waals surface area contributed by atoms with Crippen molar-refractivity contribution in [3.05, 3.63) is 59.2 Å². The fourth-order valence-corrected chi connectivity index (χ4v) is 4.59. The summed E-state index contributed by atoms with van der Waals surface area (Å²) in [4.78, 5) is 0.783. The molecule has 0 amide bonds. The summed E-state index contributed by atoms with van der Waals surface area (Å²) < 4.78 is 25.7. The first kappa shape index (κ1) is 21.4. The van der Waals surface area contributed by atoms with E-state index >= 15 is 0 Å². The maximum Gasteiger partial charge on any atom is 0.206 e. The van der Waals surface area contributed by atoms with Crippen LogP contribution in [0, 0.1) is 0 Å². The second kappa shape index (κ2) is 9.73. The molecule has 1 aliphatic rings. The summed E-state index contributed by atoms with van der Waals surface area (Å²) in [5.74, 6) is 0. The van der Waals surface area contributed by atoms with Gasteiger partial charge >= 0.3 is 0 Å². The van der Waals surface area contributed by atoms with Gasteiger partial charge < -0.3 is 5.73 Å². The highest BCUT2D eigenvalue weighted by molar-refractivity contribution is 7.91. The second-order valence-electron chi connectivity index (χ2n) is 5.47. The summed E-state index contributed by atoms with van der Waals surface area (Å²) >= 11 is 0. The van der Waals surface area contributed by atoms with Gasteiger partial charge in [-0.25, -0.2) is 8.42 Å². The SMILES string of the molecule is CC.CC.CCc1ccccc1S(=O)(=O)c1ccc2c(c1)CCC2N. The van der Waals surface area contributed by atoms with E-state index in [9.17, 15) is 8.42 Å². The number of hydrogen-bond donors (Lipinski definition) is 1. The van der Waals surface area contributed by atoms with Crippen LogP contribution in [0.15, 0.2) is 52.3 Å². The molecule has 0 radical (unpaired) electrons. The summed E-state index contributed by atoms with van der Waals surface area (Å²) in [6, 6.07) is 12.6. The maximum absolute atomic E-state index is 12.9. The average molecular weight is 362 g/mol. The molecule has 3 rings (SSSR count). The first-order chi connectivity index (χ1) is 12.0. The highest BCUT2D eigenvalue weighted by atomic mass is 32.2. The van der Waals surface area contributed by atoms with Crippen molar-refractivity contribution in [3.8, 4) is 0 Å². The van der Waals surface area contributed by atoms with Crippen molar-refractivity contribution in [2.75, 3.05) is 0 Å². The van der Waals surface area contributed by atoms with Crippen LogP contribution in [0.2, 0.25) is 0 Å². The lowest BCUT2D eigenvalue weighted by atomic mass is 10.1. The topological polar surface area (TPSA) is 60.2 Å². The van der Waals surface area contributed by atoms with Gasteiger partial charge in [-0.1, -0.05) is 58.9 Å². The number of fused-ring (bicyclic) bond motifs is 1. The van der Waals surface area contributed by atoms with Gasteiger partial charge in [0.2, 0.25) is 9.84 Å². The van der Waals surface area contributed by atoms with Gasteiger partial charge in [0.15, 0.2) is 0 Å². The molecule has 0 aromatic heterocycles. The fourth-order valence-electron chi connectivity index (χ4n) is 2.98. The molecule has 25 heavy (non-hydrogen) atoms. The van der Waals surface area contributed by atoms with Crippen molar-refractivity contribution >= 4 is 9.84 Å². The molecule has 1 atom stereocenters. The molecular formula is C21H31NO2S. The lowest BCUT2D eigenvalue weighted by Crippen LogP contribution is -2.07. The van der Waals surface area contributed by atoms with E-state index in [0.29, 0.717) is 16.2 Å². The smallest absolute Gasteiger partial charge is 0.206 e. The van der Waals surface area contributed by atoms with Crippen LogP contribution in [0.4, 0.5) is 0 Å². The highest BCUT2D eigenvalue weighted by Crippen LogP contribution is 2.33. The largest absolute Gasteiger partial charge is 0.324 e. The Kier molecular flexibility index (Phi) is 8.33. The molecule has 2 aromatic rings. The predicted octanol–water partition coefficient (Wildman–Crippen LogP) is 5.08. The van der Waals surface area contributed by atoms with Crippen LogP contribution in [0.5, 0.6) is 0 Å². The first-order valence-electron chi connectivity index (χ1n) is 9.25. The Morgan fingerprint density at radius 1 is 1.04 bits per heavy atom. The van der Waals surface area contributed by atoms with Gasteiger partial charge in [0.25, 0.3) is 0 Å². The first-order valence-corrected chi connectivity index (χ1v) is 10.7. The van der Waals surface area contributed by atoms with Crippen LogP contribution in [0.1, 0.15) is 63.8 Å². The minimum Gasteiger partial charge on any atom is -0.324 e. The molecule has 0 saturated heterocycles. The van der Waals surface area contributed by atoms with Gasteiger partial charge in [-0.3, -0.25) is 0 Å². The molecular weight excluding hydrogens is 330 g/mol. The molecule has 0 aliphatic heterocycles.